The van der Waals surface area contributed by atoms with Crippen molar-refractivity contribution in [3.05, 3.63) is 60.8 Å². The molecule has 6 nitrogen and oxygen atoms in total. The molecule has 0 radical (unpaired) electrons. The normalized spacial score (nSPS) is 12.5. The van der Waals surface area contributed by atoms with Gasteiger partial charge in [0.25, 0.3) is 0 Å². The summed E-state index contributed by atoms with van der Waals surface area (Å²) in [5.41, 5.74) is 0. The number of hydrogen-bond donors (Lipinski definition) is 0. The van der Waals surface area contributed by atoms with Crippen LogP contribution < -0.4 is 0 Å². The highest BCUT2D eigenvalue weighted by molar-refractivity contribution is 5.71. The number of hydrogen-bond acceptors (Lipinski definition) is 6. The molecule has 0 fully saturated rings. The molecule has 0 spiro atoms. The van der Waals surface area contributed by atoms with E-state index < -0.39 is 6.10 Å². The van der Waals surface area contributed by atoms with Crippen LogP contribution in [0.4, 0.5) is 0 Å². The molecular formula is C60H106O6. The van der Waals surface area contributed by atoms with E-state index in [9.17, 15) is 14.4 Å². The summed E-state index contributed by atoms with van der Waals surface area (Å²) in [5, 5.41) is 0. The van der Waals surface area contributed by atoms with Crippen LogP contribution >= 0.6 is 0 Å². The van der Waals surface area contributed by atoms with E-state index in [-0.39, 0.29) is 31.1 Å². The molecule has 0 aliphatic rings. The molecule has 0 aromatic rings. The molecule has 0 rings (SSSR count). The maximum absolute atomic E-state index is 12.8. The number of unbranched alkanes of at least 4 members (excludes halogenated alkanes) is 30. The summed E-state index contributed by atoms with van der Waals surface area (Å²) in [4.78, 5) is 38.1. The van der Waals surface area contributed by atoms with Crippen LogP contribution in [-0.2, 0) is 28.6 Å². The number of esters is 3. The monoisotopic (exact) mass is 923 g/mol. The molecule has 0 aliphatic heterocycles. The van der Waals surface area contributed by atoms with E-state index in [4.69, 9.17) is 14.2 Å². The Labute approximate surface area is 409 Å². The summed E-state index contributed by atoms with van der Waals surface area (Å²) >= 11 is 0. The third-order valence-corrected chi connectivity index (χ3v) is 12.2. The van der Waals surface area contributed by atoms with Gasteiger partial charge in [-0.25, -0.2) is 0 Å². The lowest BCUT2D eigenvalue weighted by atomic mass is 10.1. The van der Waals surface area contributed by atoms with Gasteiger partial charge in [-0.05, 0) is 109 Å². The average molecular weight is 924 g/mol. The Morgan fingerprint density at radius 2 is 0.545 bits per heavy atom. The molecule has 0 aromatic carbocycles. The Kier molecular flexibility index (Phi) is 52.3. The van der Waals surface area contributed by atoms with E-state index in [1.165, 1.54) is 141 Å². The summed E-state index contributed by atoms with van der Waals surface area (Å²) in [6.45, 7) is 6.58. The van der Waals surface area contributed by atoms with Gasteiger partial charge in [-0.2, -0.15) is 0 Å². The number of carbonyl (C=O) groups is 3. The van der Waals surface area contributed by atoms with Gasteiger partial charge in [0.2, 0.25) is 0 Å². The number of allylic oxidation sites excluding steroid dienone is 10. The number of ether oxygens (including phenoxy) is 3. The molecule has 0 amide bonds. The van der Waals surface area contributed by atoms with Gasteiger partial charge in [0.05, 0.1) is 0 Å². The van der Waals surface area contributed by atoms with Crippen molar-refractivity contribution in [2.45, 2.75) is 290 Å². The average Bonchev–Trinajstić information content (AvgIpc) is 3.31. The van der Waals surface area contributed by atoms with E-state index in [1.807, 2.05) is 0 Å². The van der Waals surface area contributed by atoms with Crippen LogP contribution in [0.25, 0.3) is 0 Å². The lowest BCUT2D eigenvalue weighted by Gasteiger charge is -2.18. The van der Waals surface area contributed by atoms with Crippen molar-refractivity contribution in [3.8, 4) is 0 Å². The molecule has 0 saturated carbocycles. The van der Waals surface area contributed by atoms with Crippen molar-refractivity contribution in [1.29, 1.82) is 0 Å². The molecule has 382 valence electrons. The second kappa shape index (κ2) is 54.7. The van der Waals surface area contributed by atoms with Crippen molar-refractivity contribution in [2.75, 3.05) is 13.2 Å². The third kappa shape index (κ3) is 52.1. The highest BCUT2D eigenvalue weighted by atomic mass is 16.6. The SMILES string of the molecule is CCCCC/C=C\C/C=C\CCCCCCCCCC(=O)OCC(COC(=O)CCCCCCC/C=C\C/C=C\CCCCC)OC(=O)CCCCCCC/C=C\CCCCCCCCC. The lowest BCUT2D eigenvalue weighted by molar-refractivity contribution is -0.167. The van der Waals surface area contributed by atoms with Gasteiger partial charge in [0.1, 0.15) is 13.2 Å². The molecule has 0 bridgehead atoms. The quantitative estimate of drug-likeness (QED) is 0.0262. The number of rotatable bonds is 51. The van der Waals surface area contributed by atoms with Crippen LogP contribution in [0.5, 0.6) is 0 Å². The predicted octanol–water partition coefficient (Wildman–Crippen LogP) is 18.8. The van der Waals surface area contributed by atoms with Crippen LogP contribution in [0.2, 0.25) is 0 Å². The van der Waals surface area contributed by atoms with Gasteiger partial charge >= 0.3 is 17.9 Å². The zero-order chi connectivity index (χ0) is 47.9. The van der Waals surface area contributed by atoms with Crippen molar-refractivity contribution < 1.29 is 28.6 Å². The first-order valence-corrected chi connectivity index (χ1v) is 28.3. The summed E-state index contributed by atoms with van der Waals surface area (Å²) in [6, 6.07) is 0. The Morgan fingerprint density at radius 1 is 0.303 bits per heavy atom. The Bertz CT molecular complexity index is 1200. The molecule has 0 N–H and O–H groups in total. The molecule has 6 heteroatoms. The molecular weight excluding hydrogens is 817 g/mol. The van der Waals surface area contributed by atoms with Crippen molar-refractivity contribution >= 4 is 17.9 Å². The van der Waals surface area contributed by atoms with Gasteiger partial charge in [-0.3, -0.25) is 14.4 Å². The first-order valence-electron chi connectivity index (χ1n) is 28.3. The zero-order valence-electron chi connectivity index (χ0n) is 43.7. The molecule has 1 atom stereocenters. The minimum absolute atomic E-state index is 0.0856. The second-order valence-corrected chi connectivity index (χ2v) is 18.8. The van der Waals surface area contributed by atoms with E-state index in [1.54, 1.807) is 0 Å². The summed E-state index contributed by atoms with van der Waals surface area (Å²) in [7, 11) is 0. The van der Waals surface area contributed by atoms with Crippen LogP contribution in [0.1, 0.15) is 284 Å². The topological polar surface area (TPSA) is 78.9 Å². The van der Waals surface area contributed by atoms with Gasteiger partial charge in [0, 0.05) is 19.3 Å². The fourth-order valence-corrected chi connectivity index (χ4v) is 7.91. The second-order valence-electron chi connectivity index (χ2n) is 18.8. The van der Waals surface area contributed by atoms with Crippen molar-refractivity contribution in [3.63, 3.8) is 0 Å². The maximum atomic E-state index is 12.8. The highest BCUT2D eigenvalue weighted by Crippen LogP contribution is 2.15. The van der Waals surface area contributed by atoms with Gasteiger partial charge in [-0.15, -0.1) is 0 Å². The molecule has 0 aromatic heterocycles. The Hall–Kier alpha value is -2.89. The summed E-state index contributed by atoms with van der Waals surface area (Å²) < 4.78 is 16.8. The minimum atomic E-state index is -0.787. The smallest absolute Gasteiger partial charge is 0.306 e. The lowest BCUT2D eigenvalue weighted by Crippen LogP contribution is -2.30. The van der Waals surface area contributed by atoms with E-state index in [0.717, 1.165) is 103 Å². The van der Waals surface area contributed by atoms with Crippen LogP contribution in [0, 0.1) is 0 Å². The van der Waals surface area contributed by atoms with Gasteiger partial charge in [0.15, 0.2) is 6.10 Å². The fraction of sp³-hybridized carbons (Fsp3) is 0.783. The Balaban J connectivity index is 4.42. The van der Waals surface area contributed by atoms with Crippen LogP contribution in [0.15, 0.2) is 60.8 Å². The van der Waals surface area contributed by atoms with Crippen LogP contribution in [-0.4, -0.2) is 37.2 Å². The van der Waals surface area contributed by atoms with Gasteiger partial charge in [-0.1, -0.05) is 216 Å². The molecule has 66 heavy (non-hydrogen) atoms. The predicted molar refractivity (Wildman–Crippen MR) is 284 cm³/mol. The number of carbonyl (C=O) groups excluding carboxylic acids is 3. The molecule has 0 saturated heterocycles. The largest absolute Gasteiger partial charge is 0.462 e. The van der Waals surface area contributed by atoms with E-state index in [0.29, 0.717) is 19.3 Å². The van der Waals surface area contributed by atoms with Gasteiger partial charge < -0.3 is 14.2 Å². The fourth-order valence-electron chi connectivity index (χ4n) is 7.91. The first kappa shape index (κ1) is 63.1. The molecule has 1 unspecified atom stereocenters. The summed E-state index contributed by atoms with van der Waals surface area (Å²) in [5.74, 6) is -0.906. The van der Waals surface area contributed by atoms with E-state index >= 15 is 0 Å². The molecule has 0 aliphatic carbocycles. The third-order valence-electron chi connectivity index (χ3n) is 12.2. The Morgan fingerprint density at radius 3 is 0.879 bits per heavy atom. The van der Waals surface area contributed by atoms with E-state index in [2.05, 4.69) is 81.5 Å². The standard InChI is InChI=1S/C60H106O6/c1-4-7-10-13-16-19-22-25-28-30-33-35-38-41-44-47-50-53-59(62)65-56-57(55-64-58(61)52-49-46-43-40-37-34-31-27-24-21-18-15-12-9-6-3)66-60(63)54-51-48-45-42-39-36-32-29-26-23-20-17-14-11-8-5-2/h16,18-19,21,25,27-29,31-32,57H,4-15,17,20,22-24,26,30,33-56H2,1-3H3/b19-16-,21-18-,28-25-,31-27-,32-29-. The highest BCUT2D eigenvalue weighted by Gasteiger charge is 2.19. The van der Waals surface area contributed by atoms with Crippen molar-refractivity contribution in [1.82, 2.24) is 0 Å². The summed E-state index contributed by atoms with van der Waals surface area (Å²) in [6.07, 6.45) is 67.7. The van der Waals surface area contributed by atoms with Crippen LogP contribution in [0.3, 0.4) is 0 Å². The molecule has 0 heterocycles. The first-order chi connectivity index (χ1) is 32.5. The maximum Gasteiger partial charge on any atom is 0.306 e. The van der Waals surface area contributed by atoms with Crippen molar-refractivity contribution in [2.24, 2.45) is 0 Å². The minimum Gasteiger partial charge on any atom is -0.462 e. The zero-order valence-corrected chi connectivity index (χ0v) is 43.7.